The second-order valence-electron chi connectivity index (χ2n) is 5.57. The van der Waals surface area contributed by atoms with Gasteiger partial charge in [0.2, 0.25) is 5.91 Å². The van der Waals surface area contributed by atoms with Crippen LogP contribution < -0.4 is 5.32 Å². The summed E-state index contributed by atoms with van der Waals surface area (Å²) >= 11 is 1.39. The van der Waals surface area contributed by atoms with E-state index in [4.69, 9.17) is 0 Å². The van der Waals surface area contributed by atoms with Gasteiger partial charge in [0.25, 0.3) is 0 Å². The van der Waals surface area contributed by atoms with Crippen LogP contribution in [0.25, 0.3) is 10.6 Å². The van der Waals surface area contributed by atoms with Gasteiger partial charge in [-0.25, -0.2) is 9.37 Å². The van der Waals surface area contributed by atoms with Gasteiger partial charge in [0.1, 0.15) is 10.8 Å². The lowest BCUT2D eigenvalue weighted by Gasteiger charge is -2.04. The number of unbranched alkanes of at least 4 members (excludes halogenated alkanes) is 2. The molecule has 0 atom stereocenters. The molecule has 0 radical (unpaired) electrons. The van der Waals surface area contributed by atoms with E-state index in [0.29, 0.717) is 29.2 Å². The highest BCUT2D eigenvalue weighted by molar-refractivity contribution is 7.13. The molecule has 0 saturated heterocycles. The molecule has 7 heteroatoms. The molecule has 0 fully saturated rings. The Morgan fingerprint density at radius 2 is 2.12 bits per heavy atom. The number of amides is 1. The molecular weight excluding hydrogens is 343 g/mol. The summed E-state index contributed by atoms with van der Waals surface area (Å²) in [7, 11) is 1.38. The third-order valence-electron chi connectivity index (χ3n) is 3.57. The van der Waals surface area contributed by atoms with Gasteiger partial charge in [-0.05, 0) is 25.0 Å². The summed E-state index contributed by atoms with van der Waals surface area (Å²) in [5.41, 5.74) is 1.38. The minimum absolute atomic E-state index is 0.0935. The number of esters is 1. The molecule has 0 unspecified atom stereocenters. The molecule has 134 valence electrons. The Labute approximate surface area is 150 Å². The maximum absolute atomic E-state index is 13.2. The van der Waals surface area contributed by atoms with Gasteiger partial charge in [-0.3, -0.25) is 9.59 Å². The number of hydrogen-bond donors (Lipinski definition) is 1. The molecule has 1 aromatic heterocycles. The van der Waals surface area contributed by atoms with Crippen molar-refractivity contribution in [1.82, 2.24) is 10.3 Å². The molecule has 0 aliphatic rings. The number of rotatable bonds is 9. The van der Waals surface area contributed by atoms with Crippen LogP contribution in [0.4, 0.5) is 4.39 Å². The predicted molar refractivity (Wildman–Crippen MR) is 94.7 cm³/mol. The SMILES string of the molecule is COC(=O)CCCCCNC(=O)Cc1csc(-c2cccc(F)c2)n1. The number of methoxy groups -OCH3 is 1. The number of thiazole rings is 1. The first-order chi connectivity index (χ1) is 12.1. The summed E-state index contributed by atoms with van der Waals surface area (Å²) in [5.74, 6) is -0.607. The first-order valence-electron chi connectivity index (χ1n) is 8.12. The second-order valence-corrected chi connectivity index (χ2v) is 6.43. The highest BCUT2D eigenvalue weighted by Crippen LogP contribution is 2.24. The van der Waals surface area contributed by atoms with Crippen LogP contribution >= 0.6 is 11.3 Å². The maximum Gasteiger partial charge on any atom is 0.305 e. The second kappa shape index (κ2) is 9.88. The van der Waals surface area contributed by atoms with Crippen LogP contribution in [-0.2, 0) is 20.7 Å². The molecule has 5 nitrogen and oxygen atoms in total. The quantitative estimate of drug-likeness (QED) is 0.547. The number of aromatic nitrogens is 1. The molecule has 1 amide bonds. The number of ether oxygens (including phenoxy) is 1. The molecule has 25 heavy (non-hydrogen) atoms. The molecule has 0 spiro atoms. The topological polar surface area (TPSA) is 68.3 Å². The Kier molecular flexibility index (Phi) is 7.53. The summed E-state index contributed by atoms with van der Waals surface area (Å²) in [6, 6.07) is 6.24. The van der Waals surface area contributed by atoms with Crippen LogP contribution in [0, 0.1) is 5.82 Å². The summed E-state index contributed by atoms with van der Waals surface area (Å²) < 4.78 is 17.8. The van der Waals surface area contributed by atoms with Gasteiger partial charge in [0.05, 0.1) is 19.2 Å². The smallest absolute Gasteiger partial charge is 0.305 e. The summed E-state index contributed by atoms with van der Waals surface area (Å²) in [6.45, 7) is 0.570. The largest absolute Gasteiger partial charge is 0.469 e. The van der Waals surface area contributed by atoms with E-state index >= 15 is 0 Å². The summed E-state index contributed by atoms with van der Waals surface area (Å²) in [5, 5.41) is 5.36. The number of hydrogen-bond acceptors (Lipinski definition) is 5. The van der Waals surface area contributed by atoms with E-state index in [1.807, 2.05) is 5.38 Å². The van der Waals surface area contributed by atoms with Crippen molar-refractivity contribution in [1.29, 1.82) is 0 Å². The minimum atomic E-state index is -0.306. The van der Waals surface area contributed by atoms with E-state index in [1.165, 1.54) is 30.6 Å². The van der Waals surface area contributed by atoms with Gasteiger partial charge >= 0.3 is 5.97 Å². The fourth-order valence-electron chi connectivity index (χ4n) is 2.27. The molecular formula is C18H21FN2O3S. The zero-order valence-electron chi connectivity index (χ0n) is 14.1. The van der Waals surface area contributed by atoms with Crippen molar-refractivity contribution in [2.45, 2.75) is 32.1 Å². The van der Waals surface area contributed by atoms with Crippen molar-refractivity contribution in [2.24, 2.45) is 0 Å². The number of nitrogens with zero attached hydrogens (tertiary/aromatic N) is 1. The van der Waals surface area contributed by atoms with Crippen LogP contribution in [-0.4, -0.2) is 30.5 Å². The van der Waals surface area contributed by atoms with E-state index in [2.05, 4.69) is 15.0 Å². The van der Waals surface area contributed by atoms with Crippen molar-refractivity contribution in [3.63, 3.8) is 0 Å². The Morgan fingerprint density at radius 3 is 2.88 bits per heavy atom. The van der Waals surface area contributed by atoms with E-state index in [-0.39, 0.29) is 24.1 Å². The van der Waals surface area contributed by atoms with E-state index in [0.717, 1.165) is 19.3 Å². The first kappa shape index (κ1) is 19.1. The maximum atomic E-state index is 13.2. The molecule has 2 rings (SSSR count). The average Bonchev–Trinajstić information content (AvgIpc) is 3.06. The number of nitrogens with one attached hydrogen (secondary N) is 1. The zero-order chi connectivity index (χ0) is 18.1. The Bertz CT molecular complexity index is 718. The van der Waals surface area contributed by atoms with Gasteiger partial charge in [-0.15, -0.1) is 11.3 Å². The monoisotopic (exact) mass is 364 g/mol. The molecule has 0 aliphatic heterocycles. The Morgan fingerprint density at radius 1 is 1.28 bits per heavy atom. The zero-order valence-corrected chi connectivity index (χ0v) is 14.9. The van der Waals surface area contributed by atoms with Crippen molar-refractivity contribution >= 4 is 23.2 Å². The van der Waals surface area contributed by atoms with Crippen LogP contribution in [0.15, 0.2) is 29.6 Å². The number of carbonyl (C=O) groups excluding carboxylic acids is 2. The first-order valence-corrected chi connectivity index (χ1v) is 9.00. The normalized spacial score (nSPS) is 10.5. The Hall–Kier alpha value is -2.28. The van der Waals surface area contributed by atoms with Gasteiger partial charge in [-0.2, -0.15) is 0 Å². The van der Waals surface area contributed by atoms with Crippen molar-refractivity contribution in [2.75, 3.05) is 13.7 Å². The van der Waals surface area contributed by atoms with Gasteiger partial charge in [-0.1, -0.05) is 18.6 Å². The fraction of sp³-hybridized carbons (Fsp3) is 0.389. The summed E-state index contributed by atoms with van der Waals surface area (Å²) in [6.07, 6.45) is 3.04. The van der Waals surface area contributed by atoms with Crippen LogP contribution in [0.3, 0.4) is 0 Å². The highest BCUT2D eigenvalue weighted by Gasteiger charge is 2.09. The molecule has 1 aromatic carbocycles. The fourth-order valence-corrected chi connectivity index (χ4v) is 3.09. The van der Waals surface area contributed by atoms with Crippen LogP contribution in [0.2, 0.25) is 0 Å². The van der Waals surface area contributed by atoms with Crippen molar-refractivity contribution in [3.8, 4) is 10.6 Å². The number of benzene rings is 1. The predicted octanol–water partition coefficient (Wildman–Crippen LogP) is 3.34. The van der Waals surface area contributed by atoms with Gasteiger partial charge in [0.15, 0.2) is 0 Å². The molecule has 1 N–H and O–H groups in total. The molecule has 0 bridgehead atoms. The number of halogens is 1. The average molecular weight is 364 g/mol. The van der Waals surface area contributed by atoms with Crippen molar-refractivity contribution in [3.05, 3.63) is 41.2 Å². The number of carbonyl (C=O) groups is 2. The van der Waals surface area contributed by atoms with Crippen LogP contribution in [0.5, 0.6) is 0 Å². The molecule has 1 heterocycles. The van der Waals surface area contributed by atoms with E-state index in [9.17, 15) is 14.0 Å². The molecule has 2 aromatic rings. The third kappa shape index (κ3) is 6.62. The van der Waals surface area contributed by atoms with Gasteiger partial charge < -0.3 is 10.1 Å². The lowest BCUT2D eigenvalue weighted by molar-refractivity contribution is -0.140. The van der Waals surface area contributed by atoms with E-state index < -0.39 is 0 Å². The molecule has 0 saturated carbocycles. The Balaban J connectivity index is 1.70. The van der Waals surface area contributed by atoms with Crippen molar-refractivity contribution < 1.29 is 18.7 Å². The molecule has 0 aliphatic carbocycles. The lowest BCUT2D eigenvalue weighted by Crippen LogP contribution is -2.26. The third-order valence-corrected chi connectivity index (χ3v) is 4.51. The lowest BCUT2D eigenvalue weighted by atomic mass is 10.2. The van der Waals surface area contributed by atoms with Crippen LogP contribution in [0.1, 0.15) is 31.4 Å². The highest BCUT2D eigenvalue weighted by atomic mass is 32.1. The summed E-state index contributed by atoms with van der Waals surface area (Å²) in [4.78, 5) is 27.3. The minimum Gasteiger partial charge on any atom is -0.469 e. The standard InChI is InChI=1S/C18H21FN2O3S/c1-24-17(23)8-3-2-4-9-20-16(22)11-15-12-25-18(21-15)13-6-5-7-14(19)10-13/h5-7,10,12H,2-4,8-9,11H2,1H3,(H,20,22). The van der Waals surface area contributed by atoms with Gasteiger partial charge in [0, 0.05) is 23.9 Å². The van der Waals surface area contributed by atoms with E-state index in [1.54, 1.807) is 12.1 Å².